The average molecular weight is 275 g/mol. The number of amides is 1. The van der Waals surface area contributed by atoms with Gasteiger partial charge in [-0.25, -0.2) is 4.98 Å². The first-order chi connectivity index (χ1) is 9.43. The fraction of sp³-hybridized carbons (Fsp3) is 0.750. The smallest absolute Gasteiger partial charge is 0.222 e. The Morgan fingerprint density at radius 3 is 2.80 bits per heavy atom. The molecule has 1 N–H and O–H groups in total. The van der Waals surface area contributed by atoms with Crippen LogP contribution in [-0.4, -0.2) is 21.5 Å². The van der Waals surface area contributed by atoms with Gasteiger partial charge in [-0.1, -0.05) is 20.8 Å². The Kier molecular flexibility index (Phi) is 3.14. The fourth-order valence-electron chi connectivity index (χ4n) is 4.34. The van der Waals surface area contributed by atoms with Crippen LogP contribution in [0.4, 0.5) is 0 Å². The SMILES string of the molecule is CC1(C)C2CCC1(C)C(NC(=O)CCn1ccnc1)C2. The Morgan fingerprint density at radius 1 is 1.45 bits per heavy atom. The van der Waals surface area contributed by atoms with E-state index >= 15 is 0 Å². The van der Waals surface area contributed by atoms with Gasteiger partial charge in [-0.2, -0.15) is 0 Å². The molecule has 0 saturated heterocycles. The van der Waals surface area contributed by atoms with Crippen molar-refractivity contribution < 1.29 is 4.79 Å². The summed E-state index contributed by atoms with van der Waals surface area (Å²) >= 11 is 0. The zero-order valence-electron chi connectivity index (χ0n) is 12.7. The predicted molar refractivity (Wildman–Crippen MR) is 78.0 cm³/mol. The molecular weight excluding hydrogens is 250 g/mol. The van der Waals surface area contributed by atoms with E-state index in [0.29, 0.717) is 24.4 Å². The van der Waals surface area contributed by atoms with E-state index in [1.807, 2.05) is 10.8 Å². The van der Waals surface area contributed by atoms with Gasteiger partial charge >= 0.3 is 0 Å². The molecule has 2 aliphatic rings. The van der Waals surface area contributed by atoms with Crippen LogP contribution in [0.5, 0.6) is 0 Å². The zero-order valence-corrected chi connectivity index (χ0v) is 12.7. The molecule has 2 saturated carbocycles. The second kappa shape index (κ2) is 4.61. The first kappa shape index (κ1) is 13.7. The van der Waals surface area contributed by atoms with Gasteiger partial charge < -0.3 is 9.88 Å². The summed E-state index contributed by atoms with van der Waals surface area (Å²) in [5, 5.41) is 3.30. The van der Waals surface area contributed by atoms with Crippen molar-refractivity contribution in [2.24, 2.45) is 16.7 Å². The Balaban J connectivity index is 1.58. The Labute approximate surface area is 121 Å². The van der Waals surface area contributed by atoms with E-state index in [9.17, 15) is 4.79 Å². The van der Waals surface area contributed by atoms with E-state index in [1.165, 1.54) is 12.8 Å². The second-order valence-electron chi connectivity index (χ2n) is 7.28. The summed E-state index contributed by atoms with van der Waals surface area (Å²) in [6.07, 6.45) is 9.66. The third-order valence-corrected chi connectivity index (χ3v) is 6.29. The molecule has 2 aliphatic carbocycles. The van der Waals surface area contributed by atoms with Crippen LogP contribution in [0.25, 0.3) is 0 Å². The summed E-state index contributed by atoms with van der Waals surface area (Å²) in [6, 6.07) is 0.353. The molecule has 0 aliphatic heterocycles. The number of rotatable bonds is 4. The van der Waals surface area contributed by atoms with Crippen molar-refractivity contribution in [2.75, 3.05) is 0 Å². The van der Waals surface area contributed by atoms with E-state index in [2.05, 4.69) is 31.1 Å². The van der Waals surface area contributed by atoms with Crippen LogP contribution in [0.2, 0.25) is 0 Å². The molecule has 1 aromatic heterocycles. The standard InChI is InChI=1S/C16H25N3O/c1-15(2)12-4-6-16(15,3)13(10-12)18-14(20)5-8-19-9-7-17-11-19/h7,9,11-13H,4-6,8,10H2,1-3H3,(H,18,20). The molecule has 3 unspecified atom stereocenters. The van der Waals surface area contributed by atoms with Gasteiger partial charge in [0.1, 0.15) is 0 Å². The Morgan fingerprint density at radius 2 is 2.25 bits per heavy atom. The molecule has 0 spiro atoms. The molecule has 1 aromatic rings. The lowest BCUT2D eigenvalue weighted by Gasteiger charge is -2.39. The third kappa shape index (κ3) is 1.97. The quantitative estimate of drug-likeness (QED) is 0.918. The van der Waals surface area contributed by atoms with Gasteiger partial charge in [0, 0.05) is 31.4 Å². The maximum atomic E-state index is 12.2. The number of carbonyl (C=O) groups is 1. The molecule has 1 heterocycles. The highest BCUT2D eigenvalue weighted by Gasteiger charge is 2.61. The van der Waals surface area contributed by atoms with E-state index in [4.69, 9.17) is 0 Å². The Bertz CT molecular complexity index is 494. The first-order valence-electron chi connectivity index (χ1n) is 7.68. The van der Waals surface area contributed by atoms with Crippen molar-refractivity contribution in [3.05, 3.63) is 18.7 Å². The summed E-state index contributed by atoms with van der Waals surface area (Å²) in [6.45, 7) is 7.83. The summed E-state index contributed by atoms with van der Waals surface area (Å²) in [4.78, 5) is 16.2. The number of aryl methyl sites for hydroxylation is 1. The van der Waals surface area contributed by atoms with E-state index in [1.54, 1.807) is 12.5 Å². The van der Waals surface area contributed by atoms with Crippen LogP contribution in [0.1, 0.15) is 46.5 Å². The highest BCUT2D eigenvalue weighted by Crippen LogP contribution is 2.65. The van der Waals surface area contributed by atoms with Gasteiger partial charge in [0.25, 0.3) is 0 Å². The maximum Gasteiger partial charge on any atom is 0.222 e. The molecule has 3 rings (SSSR count). The molecule has 0 radical (unpaired) electrons. The molecule has 2 bridgehead atoms. The second-order valence-corrected chi connectivity index (χ2v) is 7.28. The highest BCUT2D eigenvalue weighted by molar-refractivity contribution is 5.76. The number of hydrogen-bond acceptors (Lipinski definition) is 2. The minimum atomic E-state index is 0.174. The van der Waals surface area contributed by atoms with Crippen LogP contribution in [0.15, 0.2) is 18.7 Å². The molecule has 4 heteroatoms. The lowest BCUT2D eigenvalue weighted by atomic mass is 9.69. The first-order valence-corrected chi connectivity index (χ1v) is 7.68. The van der Waals surface area contributed by atoms with Crippen LogP contribution in [0, 0.1) is 16.7 Å². The minimum absolute atomic E-state index is 0.174. The normalized spacial score (nSPS) is 34.4. The van der Waals surface area contributed by atoms with Crippen LogP contribution in [0.3, 0.4) is 0 Å². The number of nitrogens with one attached hydrogen (secondary N) is 1. The minimum Gasteiger partial charge on any atom is -0.353 e. The lowest BCUT2D eigenvalue weighted by Crippen LogP contribution is -2.47. The van der Waals surface area contributed by atoms with E-state index in [-0.39, 0.29) is 11.3 Å². The maximum absolute atomic E-state index is 12.2. The topological polar surface area (TPSA) is 46.9 Å². The van der Waals surface area contributed by atoms with E-state index < -0.39 is 0 Å². The van der Waals surface area contributed by atoms with Gasteiger partial charge in [0.15, 0.2) is 0 Å². The number of imidazole rings is 1. The molecule has 3 atom stereocenters. The van der Waals surface area contributed by atoms with Crippen molar-refractivity contribution in [3.63, 3.8) is 0 Å². The molecule has 20 heavy (non-hydrogen) atoms. The number of hydrogen-bond donors (Lipinski definition) is 1. The van der Waals surface area contributed by atoms with Gasteiger partial charge in [0.2, 0.25) is 5.91 Å². The molecular formula is C16H25N3O. The highest BCUT2D eigenvalue weighted by atomic mass is 16.1. The average Bonchev–Trinajstić information content (AvgIpc) is 3.02. The van der Waals surface area contributed by atoms with Crippen LogP contribution >= 0.6 is 0 Å². The molecule has 4 nitrogen and oxygen atoms in total. The molecule has 0 aromatic carbocycles. The number of fused-ring (bicyclic) bond motifs is 2. The third-order valence-electron chi connectivity index (χ3n) is 6.29. The van der Waals surface area contributed by atoms with E-state index in [0.717, 1.165) is 12.3 Å². The monoisotopic (exact) mass is 275 g/mol. The fourth-order valence-corrected chi connectivity index (χ4v) is 4.34. The van der Waals surface area contributed by atoms with Crippen molar-refractivity contribution in [2.45, 2.75) is 59.0 Å². The Hall–Kier alpha value is -1.32. The van der Waals surface area contributed by atoms with Crippen molar-refractivity contribution in [1.29, 1.82) is 0 Å². The van der Waals surface area contributed by atoms with Gasteiger partial charge in [0.05, 0.1) is 6.33 Å². The molecule has 110 valence electrons. The molecule has 2 fully saturated rings. The summed E-state index contributed by atoms with van der Waals surface area (Å²) in [5.74, 6) is 0.944. The lowest BCUT2D eigenvalue weighted by molar-refractivity contribution is -0.123. The number of carbonyl (C=O) groups excluding carboxylic acids is 1. The summed E-state index contributed by atoms with van der Waals surface area (Å²) in [5.41, 5.74) is 0.623. The van der Waals surface area contributed by atoms with Crippen LogP contribution < -0.4 is 5.32 Å². The van der Waals surface area contributed by atoms with Crippen molar-refractivity contribution in [3.8, 4) is 0 Å². The van der Waals surface area contributed by atoms with Gasteiger partial charge in [-0.15, -0.1) is 0 Å². The van der Waals surface area contributed by atoms with Crippen molar-refractivity contribution >= 4 is 5.91 Å². The predicted octanol–water partition coefficient (Wildman–Crippen LogP) is 2.60. The molecule has 1 amide bonds. The number of aromatic nitrogens is 2. The van der Waals surface area contributed by atoms with Gasteiger partial charge in [-0.3, -0.25) is 4.79 Å². The summed E-state index contributed by atoms with van der Waals surface area (Å²) in [7, 11) is 0. The summed E-state index contributed by atoms with van der Waals surface area (Å²) < 4.78 is 1.95. The van der Waals surface area contributed by atoms with Gasteiger partial charge in [-0.05, 0) is 36.0 Å². The number of nitrogens with zero attached hydrogens (tertiary/aromatic N) is 2. The van der Waals surface area contributed by atoms with Crippen molar-refractivity contribution in [1.82, 2.24) is 14.9 Å². The van der Waals surface area contributed by atoms with Crippen LogP contribution in [-0.2, 0) is 11.3 Å². The zero-order chi connectivity index (χ0) is 14.4. The largest absolute Gasteiger partial charge is 0.353 e.